The minimum absolute atomic E-state index is 0.0555. The van der Waals surface area contributed by atoms with Gasteiger partial charge in [0, 0.05) is 6.04 Å². The summed E-state index contributed by atoms with van der Waals surface area (Å²) in [5.41, 5.74) is 6.38. The number of halogens is 2. The van der Waals surface area contributed by atoms with E-state index in [2.05, 4.69) is 10.6 Å². The molecule has 5 N–H and O–H groups in total. The van der Waals surface area contributed by atoms with E-state index < -0.39 is 42.5 Å². The zero-order valence-corrected chi connectivity index (χ0v) is 15.9. The molecule has 0 spiro atoms. The van der Waals surface area contributed by atoms with E-state index in [9.17, 15) is 23.5 Å². The van der Waals surface area contributed by atoms with Crippen molar-refractivity contribution in [3.8, 4) is 0 Å². The molecule has 0 aromatic heterocycles. The Labute approximate surface area is 158 Å². The van der Waals surface area contributed by atoms with Crippen molar-refractivity contribution in [3.63, 3.8) is 0 Å². The highest BCUT2D eigenvalue weighted by atomic mass is 19.3. The van der Waals surface area contributed by atoms with Crippen molar-refractivity contribution >= 4 is 11.8 Å². The van der Waals surface area contributed by atoms with Crippen LogP contribution in [-0.2, 0) is 16.0 Å². The maximum Gasteiger partial charge on any atom is 0.291 e. The number of amides is 2. The lowest BCUT2D eigenvalue weighted by molar-refractivity contribution is -0.135. The summed E-state index contributed by atoms with van der Waals surface area (Å²) in [6.07, 6.45) is -1.75. The van der Waals surface area contributed by atoms with Crippen LogP contribution in [0.2, 0.25) is 0 Å². The van der Waals surface area contributed by atoms with Crippen LogP contribution in [0, 0.1) is 5.92 Å². The molecule has 1 aromatic rings. The molecule has 0 bridgehead atoms. The fourth-order valence-electron chi connectivity index (χ4n) is 2.59. The molecule has 0 radical (unpaired) electrons. The Morgan fingerprint density at radius 1 is 1.19 bits per heavy atom. The highest BCUT2D eigenvalue weighted by molar-refractivity contribution is 5.88. The van der Waals surface area contributed by atoms with Gasteiger partial charge in [-0.2, -0.15) is 0 Å². The molecule has 2 amide bonds. The summed E-state index contributed by atoms with van der Waals surface area (Å²) < 4.78 is 28.1. The molecule has 8 heteroatoms. The highest BCUT2D eigenvalue weighted by Gasteiger charge is 2.42. The van der Waals surface area contributed by atoms with Gasteiger partial charge < -0.3 is 21.5 Å². The van der Waals surface area contributed by atoms with Crippen molar-refractivity contribution in [3.05, 3.63) is 35.9 Å². The summed E-state index contributed by atoms with van der Waals surface area (Å²) in [7, 11) is 0. The smallest absolute Gasteiger partial charge is 0.291 e. The first-order valence-corrected chi connectivity index (χ1v) is 8.95. The Kier molecular flexibility index (Phi) is 8.78. The number of carbonyl (C=O) groups excluding carboxylic acids is 2. The van der Waals surface area contributed by atoms with Crippen molar-refractivity contribution < 1.29 is 23.5 Å². The van der Waals surface area contributed by atoms with Gasteiger partial charge in [-0.25, -0.2) is 8.78 Å². The molecular weight excluding hydrogens is 356 g/mol. The third kappa shape index (κ3) is 8.01. The van der Waals surface area contributed by atoms with E-state index >= 15 is 0 Å². The largest absolute Gasteiger partial charge is 0.385 e. The molecule has 0 aliphatic rings. The zero-order valence-electron chi connectivity index (χ0n) is 15.9. The zero-order chi connectivity index (χ0) is 20.6. The fourth-order valence-corrected chi connectivity index (χ4v) is 2.59. The van der Waals surface area contributed by atoms with E-state index in [0.717, 1.165) is 5.56 Å². The number of aliphatic hydroxyl groups excluding tert-OH is 1. The van der Waals surface area contributed by atoms with Crippen molar-refractivity contribution in [2.75, 3.05) is 6.54 Å². The van der Waals surface area contributed by atoms with Crippen molar-refractivity contribution in [2.45, 2.75) is 57.7 Å². The van der Waals surface area contributed by atoms with E-state index in [1.807, 2.05) is 19.9 Å². The number of hydrogen-bond acceptors (Lipinski definition) is 4. The van der Waals surface area contributed by atoms with Gasteiger partial charge in [-0.15, -0.1) is 0 Å². The minimum atomic E-state index is -3.57. The quantitative estimate of drug-likeness (QED) is 0.486. The average Bonchev–Trinajstić information content (AvgIpc) is 2.59. The first-order chi connectivity index (χ1) is 12.5. The van der Waals surface area contributed by atoms with Crippen LogP contribution in [-0.4, -0.2) is 47.6 Å². The van der Waals surface area contributed by atoms with Crippen LogP contribution in [0.3, 0.4) is 0 Å². The third-order valence-corrected chi connectivity index (χ3v) is 4.06. The first kappa shape index (κ1) is 23.0. The normalized spacial score (nSPS) is 15.1. The predicted octanol–water partition coefficient (Wildman–Crippen LogP) is 1.22. The van der Waals surface area contributed by atoms with Crippen LogP contribution in [0.4, 0.5) is 8.78 Å². The Morgan fingerprint density at radius 3 is 2.33 bits per heavy atom. The van der Waals surface area contributed by atoms with E-state index in [1.165, 1.54) is 6.92 Å². The van der Waals surface area contributed by atoms with Gasteiger partial charge in [0.05, 0.1) is 13.0 Å². The highest BCUT2D eigenvalue weighted by Crippen LogP contribution is 2.22. The number of nitrogens with two attached hydrogens (primary N) is 1. The molecule has 1 rings (SSSR count). The Hall–Kier alpha value is -2.06. The summed E-state index contributed by atoms with van der Waals surface area (Å²) in [4.78, 5) is 23.9. The maximum atomic E-state index is 14.1. The SMILES string of the molecule is CC(C)CC(N)C(O)C(F)(F)CNC(=O)[C@@H](C)NC(=O)Cc1ccccc1. The number of alkyl halides is 2. The monoisotopic (exact) mass is 385 g/mol. The van der Waals surface area contributed by atoms with Crippen molar-refractivity contribution in [1.29, 1.82) is 0 Å². The van der Waals surface area contributed by atoms with Crippen LogP contribution in [0.5, 0.6) is 0 Å². The number of rotatable bonds is 10. The van der Waals surface area contributed by atoms with Crippen molar-refractivity contribution in [1.82, 2.24) is 10.6 Å². The van der Waals surface area contributed by atoms with Gasteiger partial charge in [0.1, 0.15) is 12.1 Å². The molecule has 0 fully saturated rings. The number of hydrogen-bond donors (Lipinski definition) is 4. The lowest BCUT2D eigenvalue weighted by Crippen LogP contribution is -2.55. The lowest BCUT2D eigenvalue weighted by atomic mass is 9.96. The van der Waals surface area contributed by atoms with Gasteiger partial charge in [0.15, 0.2) is 0 Å². The van der Waals surface area contributed by atoms with Crippen LogP contribution in [0.1, 0.15) is 32.8 Å². The third-order valence-electron chi connectivity index (χ3n) is 4.06. The first-order valence-electron chi connectivity index (χ1n) is 8.95. The number of aliphatic hydroxyl groups is 1. The maximum absolute atomic E-state index is 14.1. The Morgan fingerprint density at radius 2 is 1.78 bits per heavy atom. The fraction of sp³-hybridized carbons (Fsp3) is 0.579. The summed E-state index contributed by atoms with van der Waals surface area (Å²) in [5, 5.41) is 14.3. The molecule has 0 aliphatic heterocycles. The van der Waals surface area contributed by atoms with Crippen LogP contribution in [0.25, 0.3) is 0 Å². The number of benzene rings is 1. The summed E-state index contributed by atoms with van der Waals surface area (Å²) in [5.74, 6) is -4.67. The molecule has 0 saturated carbocycles. The number of nitrogens with one attached hydrogen (secondary N) is 2. The second kappa shape index (κ2) is 10.3. The minimum Gasteiger partial charge on any atom is -0.385 e. The average molecular weight is 385 g/mol. The van der Waals surface area contributed by atoms with Gasteiger partial charge in [-0.1, -0.05) is 44.2 Å². The summed E-state index contributed by atoms with van der Waals surface area (Å²) in [6.45, 7) is 3.97. The molecule has 0 heterocycles. The van der Waals surface area contributed by atoms with Gasteiger partial charge in [-0.05, 0) is 24.8 Å². The van der Waals surface area contributed by atoms with E-state index in [-0.39, 0.29) is 18.8 Å². The predicted molar refractivity (Wildman–Crippen MR) is 99.1 cm³/mol. The van der Waals surface area contributed by atoms with Gasteiger partial charge in [0.2, 0.25) is 11.8 Å². The standard InChI is InChI=1S/C19H29F2N3O3/c1-12(2)9-15(22)17(26)19(20,21)11-23-18(27)13(3)24-16(25)10-14-7-5-4-6-8-14/h4-8,12-13,15,17,26H,9-11,22H2,1-3H3,(H,23,27)(H,24,25)/t13-,15?,17?/m1/s1. The molecular formula is C19H29F2N3O3. The molecule has 152 valence electrons. The second-order valence-corrected chi connectivity index (χ2v) is 7.17. The van der Waals surface area contributed by atoms with Crippen LogP contribution >= 0.6 is 0 Å². The molecule has 6 nitrogen and oxygen atoms in total. The Bertz CT molecular complexity index is 611. The summed E-state index contributed by atoms with van der Waals surface area (Å²) in [6, 6.07) is 6.85. The van der Waals surface area contributed by atoms with Gasteiger partial charge in [-0.3, -0.25) is 9.59 Å². The van der Waals surface area contributed by atoms with Crippen molar-refractivity contribution in [2.24, 2.45) is 11.7 Å². The van der Waals surface area contributed by atoms with Gasteiger partial charge >= 0.3 is 0 Å². The Balaban J connectivity index is 2.48. The molecule has 0 saturated heterocycles. The van der Waals surface area contributed by atoms with Crippen LogP contribution < -0.4 is 16.4 Å². The molecule has 3 atom stereocenters. The molecule has 1 aromatic carbocycles. The second-order valence-electron chi connectivity index (χ2n) is 7.17. The van der Waals surface area contributed by atoms with E-state index in [0.29, 0.717) is 0 Å². The lowest BCUT2D eigenvalue weighted by Gasteiger charge is -2.28. The van der Waals surface area contributed by atoms with Crippen LogP contribution in [0.15, 0.2) is 30.3 Å². The molecule has 2 unspecified atom stereocenters. The summed E-state index contributed by atoms with van der Waals surface area (Å²) >= 11 is 0. The van der Waals surface area contributed by atoms with E-state index in [1.54, 1.807) is 24.3 Å². The molecule has 27 heavy (non-hydrogen) atoms. The van der Waals surface area contributed by atoms with E-state index in [4.69, 9.17) is 5.73 Å². The molecule has 0 aliphatic carbocycles. The topological polar surface area (TPSA) is 104 Å². The van der Waals surface area contributed by atoms with Gasteiger partial charge in [0.25, 0.3) is 5.92 Å². The number of carbonyl (C=O) groups is 2.